The molecule has 0 unspecified atom stereocenters. The van der Waals surface area contributed by atoms with E-state index < -0.39 is 0 Å². The van der Waals surface area contributed by atoms with Crippen LogP contribution >= 0.6 is 11.3 Å². The highest BCUT2D eigenvalue weighted by molar-refractivity contribution is 7.11. The first kappa shape index (κ1) is 16.0. The molecule has 0 radical (unpaired) electrons. The van der Waals surface area contributed by atoms with Crippen LogP contribution in [-0.2, 0) is 19.4 Å². The molecule has 3 nitrogen and oxygen atoms in total. The zero-order valence-electron chi connectivity index (χ0n) is 13.0. The van der Waals surface area contributed by atoms with Gasteiger partial charge in [0, 0.05) is 6.42 Å². The molecule has 1 aromatic heterocycles. The molecule has 21 heavy (non-hydrogen) atoms. The lowest BCUT2D eigenvalue weighted by Gasteiger charge is -2.08. The number of aromatic nitrogens is 1. The first-order chi connectivity index (χ1) is 10.1. The highest BCUT2D eigenvalue weighted by atomic mass is 32.1. The van der Waals surface area contributed by atoms with Crippen LogP contribution in [0.5, 0.6) is 5.75 Å². The maximum absolute atomic E-state index is 9.36. The van der Waals surface area contributed by atoms with Crippen LogP contribution in [0, 0.1) is 13.8 Å². The fourth-order valence-corrected chi connectivity index (χ4v) is 3.26. The molecule has 4 heteroatoms. The minimum Gasteiger partial charge on any atom is -0.493 e. The third kappa shape index (κ3) is 4.29. The molecule has 0 aliphatic rings. The van der Waals surface area contributed by atoms with Gasteiger partial charge in [-0.25, -0.2) is 4.98 Å². The Labute approximate surface area is 130 Å². The maximum Gasteiger partial charge on any atom is 0.122 e. The molecule has 0 atom stereocenters. The molecule has 2 rings (SSSR count). The van der Waals surface area contributed by atoms with Gasteiger partial charge in [0.1, 0.15) is 5.75 Å². The second kappa shape index (κ2) is 7.57. The van der Waals surface area contributed by atoms with E-state index in [1.165, 1.54) is 5.56 Å². The van der Waals surface area contributed by atoms with Crippen LogP contribution in [0.1, 0.15) is 40.1 Å². The van der Waals surface area contributed by atoms with Crippen LogP contribution in [0.15, 0.2) is 18.2 Å². The van der Waals surface area contributed by atoms with Gasteiger partial charge in [0.2, 0.25) is 0 Å². The van der Waals surface area contributed by atoms with Crippen molar-refractivity contribution in [3.63, 3.8) is 0 Å². The van der Waals surface area contributed by atoms with Gasteiger partial charge in [-0.05, 0) is 31.9 Å². The van der Waals surface area contributed by atoms with Gasteiger partial charge in [-0.1, -0.05) is 31.0 Å². The second-order valence-electron chi connectivity index (χ2n) is 5.25. The summed E-state index contributed by atoms with van der Waals surface area (Å²) in [5.41, 5.74) is 3.46. The lowest BCUT2D eigenvalue weighted by molar-refractivity contribution is 0.284. The van der Waals surface area contributed by atoms with Gasteiger partial charge in [0.05, 0.1) is 28.8 Å². The fourth-order valence-electron chi connectivity index (χ4n) is 2.31. The van der Waals surface area contributed by atoms with E-state index in [0.717, 1.165) is 46.2 Å². The van der Waals surface area contributed by atoms with Crippen molar-refractivity contribution in [3.05, 3.63) is 44.9 Å². The Bertz CT molecular complexity index is 592. The average molecular weight is 305 g/mol. The van der Waals surface area contributed by atoms with Crippen LogP contribution in [0.25, 0.3) is 0 Å². The van der Waals surface area contributed by atoms with Gasteiger partial charge >= 0.3 is 0 Å². The number of aliphatic hydroxyl groups is 1. The summed E-state index contributed by atoms with van der Waals surface area (Å²) in [5.74, 6) is 0.938. The minimum absolute atomic E-state index is 0.0882. The summed E-state index contributed by atoms with van der Waals surface area (Å²) in [5, 5.41) is 10.4. The smallest absolute Gasteiger partial charge is 0.122 e. The molecule has 114 valence electrons. The van der Waals surface area contributed by atoms with Crippen LogP contribution in [-0.4, -0.2) is 16.7 Å². The summed E-state index contributed by atoms with van der Waals surface area (Å²) in [6, 6.07) is 6.21. The van der Waals surface area contributed by atoms with Crippen molar-refractivity contribution in [2.45, 2.75) is 46.6 Å². The van der Waals surface area contributed by atoms with E-state index in [1.807, 2.05) is 6.07 Å². The molecule has 0 bridgehead atoms. The van der Waals surface area contributed by atoms with Crippen LogP contribution in [0.4, 0.5) is 0 Å². The van der Waals surface area contributed by atoms with E-state index in [4.69, 9.17) is 4.74 Å². The minimum atomic E-state index is 0.0882. The molecular formula is C17H23NO2S. The summed E-state index contributed by atoms with van der Waals surface area (Å²) >= 11 is 1.60. The van der Waals surface area contributed by atoms with E-state index in [-0.39, 0.29) is 6.61 Å². The maximum atomic E-state index is 9.36. The van der Waals surface area contributed by atoms with Crippen LogP contribution < -0.4 is 4.74 Å². The van der Waals surface area contributed by atoms with Gasteiger partial charge in [0.15, 0.2) is 0 Å². The Morgan fingerprint density at radius 2 is 2.05 bits per heavy atom. The summed E-state index contributed by atoms with van der Waals surface area (Å²) in [6.07, 6.45) is 2.77. The van der Waals surface area contributed by atoms with Crippen molar-refractivity contribution in [1.29, 1.82) is 0 Å². The third-order valence-corrected chi connectivity index (χ3v) is 4.50. The van der Waals surface area contributed by atoms with Crippen molar-refractivity contribution in [1.82, 2.24) is 4.98 Å². The zero-order chi connectivity index (χ0) is 15.2. The number of benzene rings is 1. The molecule has 0 aliphatic carbocycles. The van der Waals surface area contributed by atoms with Gasteiger partial charge in [0.25, 0.3) is 0 Å². The lowest BCUT2D eigenvalue weighted by atomic mass is 10.1. The summed E-state index contributed by atoms with van der Waals surface area (Å²) in [6.45, 7) is 6.98. The number of rotatable bonds is 7. The SMILES string of the molecule is CCCc1nc(CCOc2ccc(C)cc2C)sc1CO. The van der Waals surface area contributed by atoms with Crippen molar-refractivity contribution in [2.24, 2.45) is 0 Å². The topological polar surface area (TPSA) is 42.4 Å². The third-order valence-electron chi connectivity index (χ3n) is 3.36. The number of aliphatic hydroxyl groups excluding tert-OH is 1. The number of aryl methyl sites for hydroxylation is 3. The Balaban J connectivity index is 1.94. The predicted octanol–water partition coefficient (Wildman–Crippen LogP) is 3.83. The van der Waals surface area contributed by atoms with E-state index >= 15 is 0 Å². The average Bonchev–Trinajstić information content (AvgIpc) is 2.84. The Hall–Kier alpha value is -1.39. The lowest BCUT2D eigenvalue weighted by Crippen LogP contribution is -2.02. The molecular weight excluding hydrogens is 282 g/mol. The molecule has 0 amide bonds. The number of nitrogens with zero attached hydrogens (tertiary/aromatic N) is 1. The zero-order valence-corrected chi connectivity index (χ0v) is 13.8. The van der Waals surface area contributed by atoms with E-state index in [0.29, 0.717) is 6.61 Å². The molecule has 0 aliphatic heterocycles. The van der Waals surface area contributed by atoms with E-state index in [2.05, 4.69) is 37.9 Å². The Kier molecular flexibility index (Phi) is 5.76. The molecule has 1 heterocycles. The van der Waals surface area contributed by atoms with Crippen LogP contribution in [0.3, 0.4) is 0 Å². The summed E-state index contributed by atoms with van der Waals surface area (Å²) < 4.78 is 5.84. The predicted molar refractivity (Wildman–Crippen MR) is 87.1 cm³/mol. The van der Waals surface area contributed by atoms with E-state index in [1.54, 1.807) is 11.3 Å². The van der Waals surface area contributed by atoms with Gasteiger partial charge < -0.3 is 9.84 Å². The second-order valence-corrected chi connectivity index (χ2v) is 6.42. The number of hydrogen-bond acceptors (Lipinski definition) is 4. The molecule has 0 spiro atoms. The van der Waals surface area contributed by atoms with Gasteiger partial charge in [-0.2, -0.15) is 0 Å². The first-order valence-corrected chi connectivity index (χ1v) is 8.24. The van der Waals surface area contributed by atoms with E-state index in [9.17, 15) is 5.11 Å². The van der Waals surface area contributed by atoms with Crippen molar-refractivity contribution in [3.8, 4) is 5.75 Å². The molecule has 0 saturated heterocycles. The summed E-state index contributed by atoms with van der Waals surface area (Å²) in [4.78, 5) is 5.62. The molecule has 2 aromatic rings. The molecule has 0 fully saturated rings. The molecule has 0 saturated carbocycles. The highest BCUT2D eigenvalue weighted by Crippen LogP contribution is 2.22. The Morgan fingerprint density at radius 1 is 1.24 bits per heavy atom. The van der Waals surface area contributed by atoms with Gasteiger partial charge in [-0.3, -0.25) is 0 Å². The number of thiazole rings is 1. The largest absolute Gasteiger partial charge is 0.493 e. The highest BCUT2D eigenvalue weighted by Gasteiger charge is 2.10. The molecule has 1 aromatic carbocycles. The normalized spacial score (nSPS) is 10.9. The fraction of sp³-hybridized carbons (Fsp3) is 0.471. The summed E-state index contributed by atoms with van der Waals surface area (Å²) in [7, 11) is 0. The number of hydrogen-bond donors (Lipinski definition) is 1. The monoisotopic (exact) mass is 305 g/mol. The molecule has 1 N–H and O–H groups in total. The van der Waals surface area contributed by atoms with Crippen molar-refractivity contribution < 1.29 is 9.84 Å². The quantitative estimate of drug-likeness (QED) is 0.845. The first-order valence-electron chi connectivity index (χ1n) is 7.42. The van der Waals surface area contributed by atoms with Crippen LogP contribution in [0.2, 0.25) is 0 Å². The van der Waals surface area contributed by atoms with Crippen molar-refractivity contribution in [2.75, 3.05) is 6.61 Å². The van der Waals surface area contributed by atoms with Gasteiger partial charge in [-0.15, -0.1) is 11.3 Å². The Morgan fingerprint density at radius 3 is 2.71 bits per heavy atom. The number of ether oxygens (including phenoxy) is 1. The standard InChI is InChI=1S/C17H23NO2S/c1-4-5-14-16(11-19)21-17(18-14)8-9-20-15-7-6-12(2)10-13(15)3/h6-7,10,19H,4-5,8-9,11H2,1-3H3. The van der Waals surface area contributed by atoms with Crippen molar-refractivity contribution >= 4 is 11.3 Å².